The second kappa shape index (κ2) is 8.36. The number of anilines is 1. The van der Waals surface area contributed by atoms with Crippen molar-refractivity contribution in [3.05, 3.63) is 29.8 Å². The van der Waals surface area contributed by atoms with E-state index in [2.05, 4.69) is 10.1 Å². The van der Waals surface area contributed by atoms with E-state index in [1.54, 1.807) is 24.3 Å². The van der Waals surface area contributed by atoms with E-state index in [-0.39, 0.29) is 24.3 Å². The second-order valence-electron chi connectivity index (χ2n) is 3.52. The molecular formula is C12H17ClN2O3. The molecule has 1 aromatic carbocycles. The zero-order chi connectivity index (χ0) is 12.7. The van der Waals surface area contributed by atoms with Gasteiger partial charge in [0.2, 0.25) is 0 Å². The maximum atomic E-state index is 11.7. The lowest BCUT2D eigenvalue weighted by atomic mass is 10.1. The van der Waals surface area contributed by atoms with Crippen molar-refractivity contribution in [2.75, 3.05) is 19.4 Å². The molecule has 1 aromatic rings. The van der Waals surface area contributed by atoms with E-state index in [9.17, 15) is 9.59 Å². The molecule has 18 heavy (non-hydrogen) atoms. The van der Waals surface area contributed by atoms with E-state index in [1.807, 2.05) is 0 Å². The number of para-hydroxylation sites is 1. The van der Waals surface area contributed by atoms with Gasteiger partial charge >= 0.3 is 5.97 Å². The summed E-state index contributed by atoms with van der Waals surface area (Å²) < 4.78 is 4.49. The number of carbonyl (C=O) groups is 2. The van der Waals surface area contributed by atoms with E-state index in [1.165, 1.54) is 7.11 Å². The molecule has 0 aromatic heterocycles. The fourth-order valence-corrected chi connectivity index (χ4v) is 1.34. The second-order valence-corrected chi connectivity index (χ2v) is 3.52. The summed E-state index contributed by atoms with van der Waals surface area (Å²) in [4.78, 5) is 22.5. The third-order valence-corrected chi connectivity index (χ3v) is 2.28. The van der Waals surface area contributed by atoms with Gasteiger partial charge in [-0.3, -0.25) is 9.59 Å². The molecule has 0 unspecified atom stereocenters. The van der Waals surface area contributed by atoms with E-state index < -0.39 is 0 Å². The summed E-state index contributed by atoms with van der Waals surface area (Å²) in [5.41, 5.74) is 6.55. The number of ether oxygens (including phenoxy) is 1. The molecule has 3 N–H and O–H groups in total. The smallest absolute Gasteiger partial charge is 0.305 e. The number of methoxy groups -OCH3 is 1. The van der Waals surface area contributed by atoms with E-state index in [0.29, 0.717) is 30.6 Å². The Balaban J connectivity index is 0.00000289. The number of benzene rings is 1. The minimum absolute atomic E-state index is 0. The number of hydrogen-bond donors (Lipinski definition) is 2. The predicted molar refractivity (Wildman–Crippen MR) is 71.7 cm³/mol. The molecule has 0 fully saturated rings. The summed E-state index contributed by atoms with van der Waals surface area (Å²) in [6, 6.07) is 6.84. The number of nitrogen functional groups attached to an aromatic ring is 1. The highest BCUT2D eigenvalue weighted by Crippen LogP contribution is 2.09. The Kier molecular flexibility index (Phi) is 7.54. The minimum Gasteiger partial charge on any atom is -0.469 e. The van der Waals surface area contributed by atoms with Crippen LogP contribution in [0.4, 0.5) is 5.69 Å². The summed E-state index contributed by atoms with van der Waals surface area (Å²) >= 11 is 0. The zero-order valence-electron chi connectivity index (χ0n) is 10.1. The van der Waals surface area contributed by atoms with Crippen LogP contribution in [-0.2, 0) is 9.53 Å². The van der Waals surface area contributed by atoms with E-state index in [4.69, 9.17) is 5.73 Å². The normalized spacial score (nSPS) is 9.17. The van der Waals surface area contributed by atoms with Crippen molar-refractivity contribution in [3.63, 3.8) is 0 Å². The quantitative estimate of drug-likeness (QED) is 0.482. The lowest BCUT2D eigenvalue weighted by Crippen LogP contribution is -2.25. The van der Waals surface area contributed by atoms with Crippen molar-refractivity contribution < 1.29 is 14.3 Å². The SMILES string of the molecule is COC(=O)CCCNC(=O)c1ccccc1N.Cl. The maximum Gasteiger partial charge on any atom is 0.305 e. The average molecular weight is 273 g/mol. The van der Waals surface area contributed by atoms with E-state index in [0.717, 1.165) is 0 Å². The third kappa shape index (κ3) is 5.05. The van der Waals surface area contributed by atoms with Crippen molar-refractivity contribution in [3.8, 4) is 0 Å². The Morgan fingerprint density at radius 3 is 2.61 bits per heavy atom. The Hall–Kier alpha value is -1.75. The first kappa shape index (κ1) is 16.2. The van der Waals surface area contributed by atoms with Gasteiger partial charge < -0.3 is 15.8 Å². The highest BCUT2D eigenvalue weighted by atomic mass is 35.5. The number of nitrogens with one attached hydrogen (secondary N) is 1. The molecule has 0 aliphatic rings. The lowest BCUT2D eigenvalue weighted by molar-refractivity contribution is -0.140. The molecule has 0 aliphatic heterocycles. The van der Waals surface area contributed by atoms with Crippen LogP contribution in [0.1, 0.15) is 23.2 Å². The van der Waals surface area contributed by atoms with Gasteiger partial charge in [0.05, 0.1) is 12.7 Å². The molecule has 6 heteroatoms. The molecule has 0 radical (unpaired) electrons. The summed E-state index contributed by atoms with van der Waals surface area (Å²) in [5.74, 6) is -0.508. The summed E-state index contributed by atoms with van der Waals surface area (Å²) in [7, 11) is 1.34. The van der Waals surface area contributed by atoms with Crippen LogP contribution in [0.25, 0.3) is 0 Å². The maximum absolute atomic E-state index is 11.7. The van der Waals surface area contributed by atoms with Gasteiger partial charge in [-0.25, -0.2) is 0 Å². The van der Waals surface area contributed by atoms with Gasteiger partial charge in [-0.2, -0.15) is 0 Å². The van der Waals surface area contributed by atoms with Gasteiger partial charge in [-0.15, -0.1) is 12.4 Å². The third-order valence-electron chi connectivity index (χ3n) is 2.28. The molecule has 0 bridgehead atoms. The Bertz CT molecular complexity index is 410. The van der Waals surface area contributed by atoms with Crippen LogP contribution in [0.3, 0.4) is 0 Å². The van der Waals surface area contributed by atoms with Crippen LogP contribution in [-0.4, -0.2) is 25.5 Å². The number of carbonyl (C=O) groups excluding carboxylic acids is 2. The topological polar surface area (TPSA) is 81.4 Å². The van der Waals surface area contributed by atoms with Gasteiger partial charge in [0.1, 0.15) is 0 Å². The molecule has 0 spiro atoms. The first-order valence-corrected chi connectivity index (χ1v) is 5.34. The molecular weight excluding hydrogens is 256 g/mol. The molecule has 5 nitrogen and oxygen atoms in total. The summed E-state index contributed by atoms with van der Waals surface area (Å²) in [6.45, 7) is 0.419. The Morgan fingerprint density at radius 2 is 2.00 bits per heavy atom. The van der Waals surface area contributed by atoms with Gasteiger partial charge in [0, 0.05) is 18.7 Å². The highest BCUT2D eigenvalue weighted by Gasteiger charge is 2.08. The molecule has 100 valence electrons. The molecule has 0 saturated carbocycles. The van der Waals surface area contributed by atoms with Crippen LogP contribution >= 0.6 is 12.4 Å². The molecule has 0 heterocycles. The monoisotopic (exact) mass is 272 g/mol. The fraction of sp³-hybridized carbons (Fsp3) is 0.333. The number of rotatable bonds is 5. The highest BCUT2D eigenvalue weighted by molar-refractivity contribution is 5.99. The molecule has 0 saturated heterocycles. The van der Waals surface area contributed by atoms with Crippen molar-refractivity contribution in [2.45, 2.75) is 12.8 Å². The van der Waals surface area contributed by atoms with Crippen molar-refractivity contribution >= 4 is 30.0 Å². The van der Waals surface area contributed by atoms with Crippen LogP contribution in [0.15, 0.2) is 24.3 Å². The predicted octanol–water partition coefficient (Wildman–Crippen LogP) is 1.37. The van der Waals surface area contributed by atoms with Crippen LogP contribution in [0.2, 0.25) is 0 Å². The number of amides is 1. The van der Waals surface area contributed by atoms with Crippen molar-refractivity contribution in [1.82, 2.24) is 5.32 Å². The fourth-order valence-electron chi connectivity index (χ4n) is 1.34. The zero-order valence-corrected chi connectivity index (χ0v) is 11.0. The number of hydrogen-bond acceptors (Lipinski definition) is 4. The molecule has 0 atom stereocenters. The van der Waals surface area contributed by atoms with Crippen LogP contribution < -0.4 is 11.1 Å². The van der Waals surface area contributed by atoms with Gasteiger partial charge in [0.15, 0.2) is 0 Å². The van der Waals surface area contributed by atoms with Gasteiger partial charge in [-0.1, -0.05) is 12.1 Å². The van der Waals surface area contributed by atoms with Crippen molar-refractivity contribution in [2.24, 2.45) is 0 Å². The first-order chi connectivity index (χ1) is 8.15. The summed E-state index contributed by atoms with van der Waals surface area (Å²) in [6.07, 6.45) is 0.839. The number of esters is 1. The number of nitrogens with two attached hydrogens (primary N) is 1. The van der Waals surface area contributed by atoms with Gasteiger partial charge in [0.25, 0.3) is 5.91 Å². The lowest BCUT2D eigenvalue weighted by Gasteiger charge is -2.06. The molecule has 1 amide bonds. The standard InChI is InChI=1S/C12H16N2O3.ClH/c1-17-11(15)7-4-8-14-12(16)9-5-2-3-6-10(9)13;/h2-3,5-6H,4,7-8,13H2,1H3,(H,14,16);1H. The van der Waals surface area contributed by atoms with Crippen LogP contribution in [0, 0.1) is 0 Å². The largest absolute Gasteiger partial charge is 0.469 e. The molecule has 1 rings (SSSR count). The van der Waals surface area contributed by atoms with Gasteiger partial charge in [-0.05, 0) is 18.6 Å². The molecule has 0 aliphatic carbocycles. The van der Waals surface area contributed by atoms with Crippen molar-refractivity contribution in [1.29, 1.82) is 0 Å². The Labute approximate surface area is 112 Å². The number of halogens is 1. The average Bonchev–Trinajstić information content (AvgIpc) is 2.34. The summed E-state index contributed by atoms with van der Waals surface area (Å²) in [5, 5.41) is 2.69. The van der Waals surface area contributed by atoms with Crippen LogP contribution in [0.5, 0.6) is 0 Å². The van der Waals surface area contributed by atoms with E-state index >= 15 is 0 Å². The minimum atomic E-state index is -0.279. The Morgan fingerprint density at radius 1 is 1.33 bits per heavy atom. The first-order valence-electron chi connectivity index (χ1n) is 5.34.